The number of nitrogens with one attached hydrogen (secondary N) is 2. The van der Waals surface area contributed by atoms with Gasteiger partial charge in [-0.05, 0) is 24.6 Å². The van der Waals surface area contributed by atoms with Crippen LogP contribution in [0.4, 0.5) is 11.4 Å². The lowest BCUT2D eigenvalue weighted by molar-refractivity contribution is -0.385. The number of benzene rings is 2. The van der Waals surface area contributed by atoms with Gasteiger partial charge in [-0.15, -0.1) is 0 Å². The van der Waals surface area contributed by atoms with Gasteiger partial charge >= 0.3 is 0 Å². The van der Waals surface area contributed by atoms with Gasteiger partial charge in [0, 0.05) is 36.7 Å². The molecule has 0 bridgehead atoms. The molecule has 2 rings (SSSR count). The first-order valence-electron chi connectivity index (χ1n) is 8.46. The molecule has 2 aromatic carbocycles. The van der Waals surface area contributed by atoms with Crippen molar-refractivity contribution in [3.8, 4) is 0 Å². The van der Waals surface area contributed by atoms with E-state index in [0.717, 1.165) is 0 Å². The van der Waals surface area contributed by atoms with Gasteiger partial charge in [-0.2, -0.15) is 5.10 Å². The molecular weight excluding hydrogens is 382 g/mol. The van der Waals surface area contributed by atoms with Crippen molar-refractivity contribution in [2.45, 2.75) is 12.8 Å². The lowest BCUT2D eigenvalue weighted by Crippen LogP contribution is -2.26. The smallest absolute Gasteiger partial charge is 0.278 e. The van der Waals surface area contributed by atoms with E-state index in [9.17, 15) is 29.8 Å². The Morgan fingerprint density at radius 2 is 1.69 bits per heavy atom. The number of hydrogen-bond donors (Lipinski definition) is 2. The zero-order valence-corrected chi connectivity index (χ0v) is 15.1. The molecule has 0 saturated heterocycles. The SMILES string of the molecule is O=C(CCCNC(=O)c1ccc([N+](=O)[O-])cc1)NN=Cc1ccccc1[N+](=O)[O-]. The van der Waals surface area contributed by atoms with E-state index in [-0.39, 0.29) is 35.5 Å². The molecule has 0 heterocycles. The molecule has 29 heavy (non-hydrogen) atoms. The predicted molar refractivity (Wildman–Crippen MR) is 103 cm³/mol. The van der Waals surface area contributed by atoms with Crippen molar-refractivity contribution in [1.82, 2.24) is 10.7 Å². The summed E-state index contributed by atoms with van der Waals surface area (Å²) in [6.07, 6.45) is 1.60. The van der Waals surface area contributed by atoms with E-state index < -0.39 is 21.7 Å². The van der Waals surface area contributed by atoms with Crippen LogP contribution in [0.25, 0.3) is 0 Å². The molecule has 0 saturated carbocycles. The van der Waals surface area contributed by atoms with Gasteiger partial charge in [-0.1, -0.05) is 12.1 Å². The Labute approximate surface area is 164 Å². The molecule has 2 aromatic rings. The van der Waals surface area contributed by atoms with Crippen molar-refractivity contribution < 1.29 is 19.4 Å². The molecule has 150 valence electrons. The molecule has 2 N–H and O–H groups in total. The molecule has 2 amide bonds. The molecule has 0 spiro atoms. The molecular formula is C18H17N5O6. The summed E-state index contributed by atoms with van der Waals surface area (Å²) >= 11 is 0. The maximum atomic E-state index is 11.9. The van der Waals surface area contributed by atoms with E-state index in [2.05, 4.69) is 15.8 Å². The number of non-ortho nitro benzene ring substituents is 1. The molecule has 0 fully saturated rings. The Morgan fingerprint density at radius 3 is 2.34 bits per heavy atom. The summed E-state index contributed by atoms with van der Waals surface area (Å²) < 4.78 is 0. The highest BCUT2D eigenvalue weighted by Crippen LogP contribution is 2.15. The highest BCUT2D eigenvalue weighted by molar-refractivity contribution is 5.94. The number of rotatable bonds is 9. The number of nitro groups is 2. The molecule has 0 aliphatic carbocycles. The third kappa shape index (κ3) is 6.50. The van der Waals surface area contributed by atoms with Crippen LogP contribution >= 0.6 is 0 Å². The van der Waals surface area contributed by atoms with Crippen molar-refractivity contribution in [3.05, 3.63) is 79.9 Å². The van der Waals surface area contributed by atoms with Crippen LogP contribution < -0.4 is 10.7 Å². The summed E-state index contributed by atoms with van der Waals surface area (Å²) in [7, 11) is 0. The third-order valence-electron chi connectivity index (χ3n) is 3.73. The molecule has 0 aliphatic heterocycles. The second kappa shape index (κ2) is 10.3. The summed E-state index contributed by atoms with van der Waals surface area (Å²) in [4.78, 5) is 44.0. The van der Waals surface area contributed by atoms with Crippen LogP contribution in [0.1, 0.15) is 28.8 Å². The van der Waals surface area contributed by atoms with Crippen LogP contribution in [0.5, 0.6) is 0 Å². The Bertz CT molecular complexity index is 942. The first-order chi connectivity index (χ1) is 13.9. The topological polar surface area (TPSA) is 157 Å². The van der Waals surface area contributed by atoms with Crippen LogP contribution in [-0.4, -0.2) is 34.4 Å². The molecule has 0 unspecified atom stereocenters. The van der Waals surface area contributed by atoms with Crippen molar-refractivity contribution in [3.63, 3.8) is 0 Å². The first-order valence-corrected chi connectivity index (χ1v) is 8.46. The Balaban J connectivity index is 1.72. The fraction of sp³-hybridized carbons (Fsp3) is 0.167. The first kappa shape index (κ1) is 21.2. The van der Waals surface area contributed by atoms with Crippen molar-refractivity contribution in [1.29, 1.82) is 0 Å². The number of hydrogen-bond acceptors (Lipinski definition) is 7. The molecule has 0 aliphatic rings. The average Bonchev–Trinajstić information content (AvgIpc) is 2.71. The van der Waals surface area contributed by atoms with E-state index in [4.69, 9.17) is 0 Å². The second-order valence-electron chi connectivity index (χ2n) is 5.77. The number of carbonyl (C=O) groups excluding carboxylic acids is 2. The van der Waals surface area contributed by atoms with Gasteiger partial charge in [0.05, 0.1) is 21.6 Å². The number of nitro benzene ring substituents is 2. The molecule has 11 heteroatoms. The van der Waals surface area contributed by atoms with Gasteiger partial charge in [0.15, 0.2) is 0 Å². The quantitative estimate of drug-likeness (QED) is 0.285. The molecule has 0 atom stereocenters. The third-order valence-corrected chi connectivity index (χ3v) is 3.73. The van der Waals surface area contributed by atoms with Gasteiger partial charge in [0.25, 0.3) is 17.3 Å². The average molecular weight is 399 g/mol. The lowest BCUT2D eigenvalue weighted by atomic mass is 10.2. The highest BCUT2D eigenvalue weighted by atomic mass is 16.6. The minimum absolute atomic E-state index is 0.0781. The molecule has 0 radical (unpaired) electrons. The Hall–Kier alpha value is -4.15. The predicted octanol–water partition coefficient (Wildman–Crippen LogP) is 2.16. The van der Waals surface area contributed by atoms with Crippen molar-refractivity contribution in [2.24, 2.45) is 5.10 Å². The monoisotopic (exact) mass is 399 g/mol. The molecule has 0 aromatic heterocycles. The number of hydrazone groups is 1. The lowest BCUT2D eigenvalue weighted by Gasteiger charge is -2.05. The van der Waals surface area contributed by atoms with Gasteiger partial charge < -0.3 is 5.32 Å². The number of amides is 2. The van der Waals surface area contributed by atoms with Crippen LogP contribution in [0.15, 0.2) is 53.6 Å². The van der Waals surface area contributed by atoms with Crippen LogP contribution in [-0.2, 0) is 4.79 Å². The minimum Gasteiger partial charge on any atom is -0.352 e. The van der Waals surface area contributed by atoms with E-state index in [1.165, 1.54) is 48.7 Å². The van der Waals surface area contributed by atoms with Gasteiger partial charge in [-0.25, -0.2) is 5.43 Å². The second-order valence-corrected chi connectivity index (χ2v) is 5.77. The summed E-state index contributed by atoms with van der Waals surface area (Å²) in [6, 6.07) is 11.1. The summed E-state index contributed by atoms with van der Waals surface area (Å²) in [5.74, 6) is -0.820. The van der Waals surface area contributed by atoms with Gasteiger partial charge in [-0.3, -0.25) is 29.8 Å². The van der Waals surface area contributed by atoms with Crippen molar-refractivity contribution >= 4 is 29.4 Å². The van der Waals surface area contributed by atoms with E-state index in [1.54, 1.807) is 6.07 Å². The van der Waals surface area contributed by atoms with Crippen molar-refractivity contribution in [2.75, 3.05) is 6.54 Å². The Kier molecular flexibility index (Phi) is 7.48. The van der Waals surface area contributed by atoms with Gasteiger partial charge in [0.1, 0.15) is 0 Å². The number of para-hydroxylation sites is 1. The summed E-state index contributed by atoms with van der Waals surface area (Å²) in [5.41, 5.74) is 2.56. The van der Waals surface area contributed by atoms with E-state index in [0.29, 0.717) is 6.42 Å². The zero-order chi connectivity index (χ0) is 21.2. The maximum Gasteiger partial charge on any atom is 0.278 e. The number of carbonyl (C=O) groups is 2. The number of nitrogens with zero attached hydrogens (tertiary/aromatic N) is 3. The fourth-order valence-corrected chi connectivity index (χ4v) is 2.28. The van der Waals surface area contributed by atoms with E-state index in [1.807, 2.05) is 0 Å². The van der Waals surface area contributed by atoms with Gasteiger partial charge in [0.2, 0.25) is 5.91 Å². The standard InChI is InChI=1S/C18H17N5O6/c24-17(21-20-12-14-4-1-2-5-16(14)23(28)29)6-3-11-19-18(25)13-7-9-15(10-8-13)22(26)27/h1-2,4-5,7-10,12H,3,6,11H2,(H,19,25)(H,21,24). The normalized spacial score (nSPS) is 10.5. The van der Waals surface area contributed by atoms with Crippen LogP contribution in [0.2, 0.25) is 0 Å². The van der Waals surface area contributed by atoms with E-state index >= 15 is 0 Å². The summed E-state index contributed by atoms with van der Waals surface area (Å²) in [6.45, 7) is 0.219. The van der Waals surface area contributed by atoms with Crippen LogP contribution in [0.3, 0.4) is 0 Å². The summed E-state index contributed by atoms with van der Waals surface area (Å²) in [5, 5.41) is 27.8. The largest absolute Gasteiger partial charge is 0.352 e. The minimum atomic E-state index is -0.557. The highest BCUT2D eigenvalue weighted by Gasteiger charge is 2.11. The zero-order valence-electron chi connectivity index (χ0n) is 15.1. The Morgan fingerprint density at radius 1 is 1.00 bits per heavy atom. The fourth-order valence-electron chi connectivity index (χ4n) is 2.28. The maximum absolute atomic E-state index is 11.9. The van der Waals surface area contributed by atoms with Crippen LogP contribution in [0, 0.1) is 20.2 Å². The molecule has 11 nitrogen and oxygen atoms in total.